The number of nitrogens with one attached hydrogen (secondary N) is 1. The van der Waals surface area contributed by atoms with Gasteiger partial charge in [0.15, 0.2) is 11.5 Å². The van der Waals surface area contributed by atoms with Gasteiger partial charge in [-0.3, -0.25) is 4.79 Å². The number of carbonyl (C=O) groups is 2. The molecule has 0 aliphatic carbocycles. The van der Waals surface area contributed by atoms with Gasteiger partial charge in [0.2, 0.25) is 0 Å². The number of hydrogen-bond donors (Lipinski definition) is 1. The van der Waals surface area contributed by atoms with Gasteiger partial charge in [0.05, 0.1) is 23.4 Å². The van der Waals surface area contributed by atoms with Crippen LogP contribution in [-0.2, 0) is 4.74 Å². The van der Waals surface area contributed by atoms with Gasteiger partial charge in [-0.2, -0.15) is 0 Å². The summed E-state index contributed by atoms with van der Waals surface area (Å²) in [6.07, 6.45) is 0. The summed E-state index contributed by atoms with van der Waals surface area (Å²) in [5.74, 6) is -0.560. The molecule has 0 fully saturated rings. The predicted octanol–water partition coefficient (Wildman–Crippen LogP) is 4.03. The van der Waals surface area contributed by atoms with Gasteiger partial charge >= 0.3 is 5.97 Å². The number of carbonyl (C=O) groups excluding carboxylic acids is 2. The zero-order chi connectivity index (χ0) is 17.8. The number of benzene rings is 2. The first-order valence-corrected chi connectivity index (χ1v) is 7.67. The summed E-state index contributed by atoms with van der Waals surface area (Å²) < 4.78 is 9.85. The second kappa shape index (κ2) is 7.19. The Bertz CT molecular complexity index is 922. The molecule has 0 aliphatic heterocycles. The van der Waals surface area contributed by atoms with E-state index in [0.717, 1.165) is 5.56 Å². The molecule has 1 aromatic heterocycles. The maximum atomic E-state index is 12.4. The van der Waals surface area contributed by atoms with Crippen molar-refractivity contribution < 1.29 is 18.8 Å². The number of amides is 1. The average molecular weight is 357 g/mol. The van der Waals surface area contributed by atoms with Crippen LogP contribution in [0.4, 0.5) is 5.69 Å². The third-order valence-corrected chi connectivity index (χ3v) is 3.77. The van der Waals surface area contributed by atoms with Gasteiger partial charge in [0.1, 0.15) is 0 Å². The summed E-state index contributed by atoms with van der Waals surface area (Å²) in [4.78, 5) is 23.9. The summed E-state index contributed by atoms with van der Waals surface area (Å²) >= 11 is 6.07. The molecule has 1 amide bonds. The van der Waals surface area contributed by atoms with Crippen molar-refractivity contribution in [3.63, 3.8) is 0 Å². The molecule has 3 rings (SSSR count). The van der Waals surface area contributed by atoms with Crippen LogP contribution in [0, 0.1) is 0 Å². The Hall–Kier alpha value is -3.12. The number of aromatic nitrogens is 1. The molecule has 1 heterocycles. The minimum atomic E-state index is -0.528. The molecule has 3 aromatic rings. The van der Waals surface area contributed by atoms with Crippen LogP contribution in [-0.4, -0.2) is 24.1 Å². The number of hydrogen-bond acceptors (Lipinski definition) is 5. The first-order valence-electron chi connectivity index (χ1n) is 7.30. The van der Waals surface area contributed by atoms with E-state index < -0.39 is 11.9 Å². The number of nitrogens with zero attached hydrogens (tertiary/aromatic N) is 1. The largest absolute Gasteiger partial charge is 0.465 e. The molecular formula is C18H13ClN2O4. The van der Waals surface area contributed by atoms with Crippen LogP contribution < -0.4 is 5.32 Å². The van der Waals surface area contributed by atoms with Crippen LogP contribution in [0.5, 0.6) is 0 Å². The van der Waals surface area contributed by atoms with Crippen LogP contribution in [0.2, 0.25) is 5.02 Å². The third kappa shape index (κ3) is 3.70. The lowest BCUT2D eigenvalue weighted by Crippen LogP contribution is -2.13. The Morgan fingerprint density at radius 3 is 2.60 bits per heavy atom. The normalized spacial score (nSPS) is 10.3. The molecular weight excluding hydrogens is 344 g/mol. The van der Waals surface area contributed by atoms with E-state index in [2.05, 4.69) is 15.2 Å². The minimum absolute atomic E-state index is 0.0957. The molecule has 0 saturated heterocycles. The summed E-state index contributed by atoms with van der Waals surface area (Å²) in [6, 6.07) is 15.3. The highest BCUT2D eigenvalue weighted by atomic mass is 35.5. The SMILES string of the molecule is COC(=O)c1ccc(Cl)c(NC(=O)c2cc(-c3ccccc3)on2)c1. The second-order valence-corrected chi connectivity index (χ2v) is 5.49. The van der Waals surface area contributed by atoms with Crippen LogP contribution in [0.1, 0.15) is 20.8 Å². The maximum Gasteiger partial charge on any atom is 0.337 e. The Morgan fingerprint density at radius 2 is 1.88 bits per heavy atom. The van der Waals surface area contributed by atoms with Gasteiger partial charge in [0.25, 0.3) is 5.91 Å². The highest BCUT2D eigenvalue weighted by Gasteiger charge is 2.16. The lowest BCUT2D eigenvalue weighted by Gasteiger charge is -2.07. The van der Waals surface area contributed by atoms with Crippen molar-refractivity contribution in [2.24, 2.45) is 0 Å². The molecule has 0 unspecified atom stereocenters. The molecule has 0 spiro atoms. The molecule has 0 aliphatic rings. The summed E-state index contributed by atoms with van der Waals surface area (Å²) in [6.45, 7) is 0. The Balaban J connectivity index is 1.81. The summed E-state index contributed by atoms with van der Waals surface area (Å²) in [5.41, 5.74) is 1.45. The number of ether oxygens (including phenoxy) is 1. The lowest BCUT2D eigenvalue weighted by atomic mass is 10.1. The smallest absolute Gasteiger partial charge is 0.337 e. The van der Waals surface area contributed by atoms with Crippen LogP contribution in [0.15, 0.2) is 59.1 Å². The molecule has 1 N–H and O–H groups in total. The van der Waals surface area contributed by atoms with E-state index in [0.29, 0.717) is 5.76 Å². The van der Waals surface area contributed by atoms with E-state index in [1.165, 1.54) is 31.4 Å². The molecule has 126 valence electrons. The van der Waals surface area contributed by atoms with Gasteiger partial charge in [0, 0.05) is 11.6 Å². The van der Waals surface area contributed by atoms with Crippen molar-refractivity contribution in [3.05, 3.63) is 70.9 Å². The third-order valence-electron chi connectivity index (χ3n) is 3.44. The Morgan fingerprint density at radius 1 is 1.12 bits per heavy atom. The van der Waals surface area contributed by atoms with Crippen molar-refractivity contribution in [2.45, 2.75) is 0 Å². The standard InChI is InChI=1S/C18H13ClN2O4/c1-24-18(23)12-7-8-13(19)14(9-12)20-17(22)15-10-16(25-21-15)11-5-3-2-4-6-11/h2-10H,1H3,(H,20,22). The van der Waals surface area contributed by atoms with Crippen LogP contribution in [0.3, 0.4) is 0 Å². The molecule has 25 heavy (non-hydrogen) atoms. The number of esters is 1. The first-order chi connectivity index (χ1) is 12.1. The average Bonchev–Trinajstić information content (AvgIpc) is 3.14. The second-order valence-electron chi connectivity index (χ2n) is 5.08. The van der Waals surface area contributed by atoms with Gasteiger partial charge in [-0.15, -0.1) is 0 Å². The van der Waals surface area contributed by atoms with Gasteiger partial charge in [-0.05, 0) is 18.2 Å². The lowest BCUT2D eigenvalue weighted by molar-refractivity contribution is 0.0600. The van der Waals surface area contributed by atoms with Crippen molar-refractivity contribution in [2.75, 3.05) is 12.4 Å². The van der Waals surface area contributed by atoms with Crippen LogP contribution in [0.25, 0.3) is 11.3 Å². The highest BCUT2D eigenvalue weighted by Crippen LogP contribution is 2.25. The summed E-state index contributed by atoms with van der Waals surface area (Å²) in [7, 11) is 1.27. The predicted molar refractivity (Wildman–Crippen MR) is 92.7 cm³/mol. The number of anilines is 1. The van der Waals surface area contributed by atoms with E-state index in [1.54, 1.807) is 0 Å². The molecule has 2 aromatic carbocycles. The fourth-order valence-corrected chi connectivity index (χ4v) is 2.34. The van der Waals surface area contributed by atoms with Gasteiger partial charge in [-0.1, -0.05) is 47.1 Å². The fraction of sp³-hybridized carbons (Fsp3) is 0.0556. The van der Waals surface area contributed by atoms with E-state index in [1.807, 2.05) is 30.3 Å². The molecule has 0 atom stereocenters. The van der Waals surface area contributed by atoms with E-state index in [4.69, 9.17) is 16.1 Å². The Labute approximate surface area is 148 Å². The summed E-state index contributed by atoms with van der Waals surface area (Å²) in [5, 5.41) is 6.66. The van der Waals surface area contributed by atoms with Crippen molar-refractivity contribution >= 4 is 29.2 Å². The monoisotopic (exact) mass is 356 g/mol. The molecule has 0 radical (unpaired) electrons. The number of halogens is 1. The van der Waals surface area contributed by atoms with Crippen molar-refractivity contribution in [1.29, 1.82) is 0 Å². The van der Waals surface area contributed by atoms with E-state index in [9.17, 15) is 9.59 Å². The fourth-order valence-electron chi connectivity index (χ4n) is 2.17. The number of rotatable bonds is 4. The maximum absolute atomic E-state index is 12.4. The van der Waals surface area contributed by atoms with E-state index >= 15 is 0 Å². The van der Waals surface area contributed by atoms with Crippen molar-refractivity contribution in [1.82, 2.24) is 5.16 Å². The number of methoxy groups -OCH3 is 1. The minimum Gasteiger partial charge on any atom is -0.465 e. The topological polar surface area (TPSA) is 81.4 Å². The Kier molecular flexibility index (Phi) is 4.81. The molecule has 6 nitrogen and oxygen atoms in total. The van der Waals surface area contributed by atoms with Gasteiger partial charge < -0.3 is 14.6 Å². The zero-order valence-corrected chi connectivity index (χ0v) is 13.9. The molecule has 7 heteroatoms. The highest BCUT2D eigenvalue weighted by molar-refractivity contribution is 6.34. The molecule has 0 bridgehead atoms. The van der Waals surface area contributed by atoms with Crippen molar-refractivity contribution in [3.8, 4) is 11.3 Å². The van der Waals surface area contributed by atoms with E-state index in [-0.39, 0.29) is 22.0 Å². The molecule has 0 saturated carbocycles. The van der Waals surface area contributed by atoms with Crippen LogP contribution >= 0.6 is 11.6 Å². The van der Waals surface area contributed by atoms with Gasteiger partial charge in [-0.25, -0.2) is 4.79 Å². The zero-order valence-electron chi connectivity index (χ0n) is 13.2. The quantitative estimate of drug-likeness (QED) is 0.713. The first kappa shape index (κ1) is 16.7.